The van der Waals surface area contributed by atoms with Gasteiger partial charge in [0.2, 0.25) is 0 Å². The SMILES string of the molecule is COCO[C@@H](/C=C\C=O)[C@@H]1CCO[C@H](c2ccccc2)O1. The number of methoxy groups -OCH3 is 1. The van der Waals surface area contributed by atoms with Crippen LogP contribution in [0.15, 0.2) is 42.5 Å². The van der Waals surface area contributed by atoms with E-state index >= 15 is 0 Å². The lowest BCUT2D eigenvalue weighted by Gasteiger charge is -2.33. The normalized spacial score (nSPS) is 24.0. The topological polar surface area (TPSA) is 54.0 Å². The summed E-state index contributed by atoms with van der Waals surface area (Å²) in [5.74, 6) is 0. The van der Waals surface area contributed by atoms with E-state index in [4.69, 9.17) is 18.9 Å². The minimum Gasteiger partial charge on any atom is -0.359 e. The van der Waals surface area contributed by atoms with Crippen molar-refractivity contribution < 1.29 is 23.7 Å². The Bertz CT molecular complexity index is 445. The van der Waals surface area contributed by atoms with Gasteiger partial charge in [-0.1, -0.05) is 30.3 Å². The van der Waals surface area contributed by atoms with Gasteiger partial charge in [0.25, 0.3) is 0 Å². The molecule has 2 rings (SSSR count). The number of carbonyl (C=O) groups excluding carboxylic acids is 1. The zero-order chi connectivity index (χ0) is 14.9. The van der Waals surface area contributed by atoms with E-state index in [0.717, 1.165) is 11.8 Å². The number of carbonyl (C=O) groups is 1. The summed E-state index contributed by atoms with van der Waals surface area (Å²) in [6.07, 6.45) is 3.57. The molecule has 0 amide bonds. The van der Waals surface area contributed by atoms with E-state index in [1.807, 2.05) is 30.3 Å². The van der Waals surface area contributed by atoms with Crippen LogP contribution in [0.1, 0.15) is 18.3 Å². The van der Waals surface area contributed by atoms with Crippen molar-refractivity contribution in [2.45, 2.75) is 24.9 Å². The lowest BCUT2D eigenvalue weighted by molar-refractivity contribution is -0.243. The fourth-order valence-corrected chi connectivity index (χ4v) is 2.17. The van der Waals surface area contributed by atoms with Crippen LogP contribution >= 0.6 is 0 Å². The summed E-state index contributed by atoms with van der Waals surface area (Å²) in [5, 5.41) is 0. The molecule has 3 atom stereocenters. The average Bonchev–Trinajstić information content (AvgIpc) is 2.56. The van der Waals surface area contributed by atoms with Gasteiger partial charge in [-0.05, 0) is 12.2 Å². The highest BCUT2D eigenvalue weighted by molar-refractivity contribution is 5.64. The standard InChI is InChI=1S/C16H20O5/c1-18-12-20-14(8-5-10-17)15-9-11-19-16(21-15)13-6-3-2-4-7-13/h2-8,10,14-16H,9,11-12H2,1H3/b8-5-/t14-,15-,16-/m0/s1. The van der Waals surface area contributed by atoms with Crippen molar-refractivity contribution >= 4 is 6.29 Å². The molecule has 0 unspecified atom stereocenters. The van der Waals surface area contributed by atoms with Gasteiger partial charge < -0.3 is 18.9 Å². The Morgan fingerprint density at radius 2 is 2.19 bits per heavy atom. The van der Waals surface area contributed by atoms with Gasteiger partial charge in [0.1, 0.15) is 19.2 Å². The van der Waals surface area contributed by atoms with Crippen LogP contribution in [0.4, 0.5) is 0 Å². The summed E-state index contributed by atoms with van der Waals surface area (Å²) in [6.45, 7) is 0.719. The zero-order valence-corrected chi connectivity index (χ0v) is 12.0. The van der Waals surface area contributed by atoms with Gasteiger partial charge in [-0.2, -0.15) is 0 Å². The molecule has 0 radical (unpaired) electrons. The number of benzene rings is 1. The number of aldehydes is 1. The summed E-state index contributed by atoms with van der Waals surface area (Å²) in [7, 11) is 1.55. The molecule has 1 saturated heterocycles. The van der Waals surface area contributed by atoms with Crippen LogP contribution in [0, 0.1) is 0 Å². The second-order valence-electron chi connectivity index (χ2n) is 4.64. The summed E-state index contributed by atoms with van der Waals surface area (Å²) in [5.41, 5.74) is 0.965. The first-order valence-corrected chi connectivity index (χ1v) is 6.89. The summed E-state index contributed by atoms with van der Waals surface area (Å²) >= 11 is 0. The zero-order valence-electron chi connectivity index (χ0n) is 12.0. The van der Waals surface area contributed by atoms with Crippen LogP contribution < -0.4 is 0 Å². The van der Waals surface area contributed by atoms with Crippen molar-refractivity contribution in [3.05, 3.63) is 48.0 Å². The van der Waals surface area contributed by atoms with E-state index in [9.17, 15) is 4.79 Å². The summed E-state index contributed by atoms with van der Waals surface area (Å²) in [6, 6.07) is 9.74. The third-order valence-corrected chi connectivity index (χ3v) is 3.17. The second kappa shape index (κ2) is 8.69. The molecule has 0 saturated carbocycles. The van der Waals surface area contributed by atoms with Gasteiger partial charge in [-0.25, -0.2) is 0 Å². The highest BCUT2D eigenvalue weighted by Gasteiger charge is 2.29. The molecule has 1 aliphatic heterocycles. The predicted molar refractivity (Wildman–Crippen MR) is 76.6 cm³/mol. The number of hydrogen-bond donors (Lipinski definition) is 0. The number of rotatable bonds is 7. The predicted octanol–water partition coefficient (Wildman–Crippen LogP) is 2.23. The van der Waals surface area contributed by atoms with E-state index in [1.54, 1.807) is 13.2 Å². The minimum absolute atomic E-state index is 0.143. The Morgan fingerprint density at radius 3 is 2.90 bits per heavy atom. The highest BCUT2D eigenvalue weighted by Crippen LogP contribution is 2.28. The molecular formula is C16H20O5. The molecule has 5 nitrogen and oxygen atoms in total. The molecule has 0 N–H and O–H groups in total. The van der Waals surface area contributed by atoms with Gasteiger partial charge >= 0.3 is 0 Å². The first kappa shape index (κ1) is 15.9. The third kappa shape index (κ3) is 4.75. The summed E-state index contributed by atoms with van der Waals surface area (Å²) in [4.78, 5) is 10.5. The van der Waals surface area contributed by atoms with Crippen LogP contribution in [0.5, 0.6) is 0 Å². The molecule has 0 aliphatic carbocycles. The van der Waals surface area contributed by atoms with E-state index < -0.39 is 6.29 Å². The van der Waals surface area contributed by atoms with Gasteiger partial charge in [0.15, 0.2) is 6.29 Å². The van der Waals surface area contributed by atoms with E-state index in [0.29, 0.717) is 13.0 Å². The lowest BCUT2D eigenvalue weighted by atomic mass is 10.1. The maximum absolute atomic E-state index is 10.5. The molecule has 1 heterocycles. The first-order valence-electron chi connectivity index (χ1n) is 6.89. The molecule has 0 aromatic heterocycles. The molecule has 5 heteroatoms. The number of allylic oxidation sites excluding steroid dienone is 1. The highest BCUT2D eigenvalue weighted by atomic mass is 16.7. The van der Waals surface area contributed by atoms with Crippen LogP contribution in [0.2, 0.25) is 0 Å². The Hall–Kier alpha value is -1.53. The third-order valence-electron chi connectivity index (χ3n) is 3.17. The van der Waals surface area contributed by atoms with Crippen molar-refractivity contribution in [3.8, 4) is 0 Å². The summed E-state index contributed by atoms with van der Waals surface area (Å²) < 4.78 is 22.1. The Kier molecular flexibility index (Phi) is 6.56. The molecule has 0 spiro atoms. The van der Waals surface area contributed by atoms with Gasteiger partial charge in [-0.15, -0.1) is 0 Å². The van der Waals surface area contributed by atoms with Gasteiger partial charge in [-0.3, -0.25) is 4.79 Å². The molecule has 0 bridgehead atoms. The van der Waals surface area contributed by atoms with Crippen molar-refractivity contribution in [2.75, 3.05) is 20.5 Å². The smallest absolute Gasteiger partial charge is 0.184 e. The first-order chi connectivity index (χ1) is 10.3. The molecule has 1 aromatic carbocycles. The van der Waals surface area contributed by atoms with Crippen molar-refractivity contribution in [3.63, 3.8) is 0 Å². The molecule has 114 valence electrons. The molecule has 21 heavy (non-hydrogen) atoms. The molecular weight excluding hydrogens is 272 g/mol. The molecule has 1 aromatic rings. The van der Waals surface area contributed by atoms with Crippen molar-refractivity contribution in [2.24, 2.45) is 0 Å². The van der Waals surface area contributed by atoms with Gasteiger partial charge in [0.05, 0.1) is 12.7 Å². The molecule has 1 aliphatic rings. The van der Waals surface area contributed by atoms with Crippen molar-refractivity contribution in [1.82, 2.24) is 0 Å². The molecule has 1 fully saturated rings. The lowest BCUT2D eigenvalue weighted by Crippen LogP contribution is -2.37. The van der Waals surface area contributed by atoms with Crippen LogP contribution in [-0.4, -0.2) is 39.0 Å². The van der Waals surface area contributed by atoms with Crippen LogP contribution in [0.25, 0.3) is 0 Å². The van der Waals surface area contributed by atoms with E-state index in [1.165, 1.54) is 6.08 Å². The van der Waals surface area contributed by atoms with E-state index in [2.05, 4.69) is 0 Å². The fourth-order valence-electron chi connectivity index (χ4n) is 2.17. The largest absolute Gasteiger partial charge is 0.359 e. The Morgan fingerprint density at radius 1 is 1.38 bits per heavy atom. The van der Waals surface area contributed by atoms with Crippen molar-refractivity contribution in [1.29, 1.82) is 0 Å². The van der Waals surface area contributed by atoms with Crippen LogP contribution in [0.3, 0.4) is 0 Å². The minimum atomic E-state index is -0.414. The number of ether oxygens (including phenoxy) is 4. The van der Waals surface area contributed by atoms with Gasteiger partial charge in [0, 0.05) is 19.1 Å². The maximum atomic E-state index is 10.5. The Labute approximate surface area is 124 Å². The second-order valence-corrected chi connectivity index (χ2v) is 4.64. The monoisotopic (exact) mass is 292 g/mol. The van der Waals surface area contributed by atoms with E-state index in [-0.39, 0.29) is 19.0 Å². The number of hydrogen-bond acceptors (Lipinski definition) is 5. The van der Waals surface area contributed by atoms with Crippen LogP contribution in [-0.2, 0) is 23.7 Å². The fraction of sp³-hybridized carbons (Fsp3) is 0.438. The Balaban J connectivity index is 2.03. The average molecular weight is 292 g/mol. The quantitative estimate of drug-likeness (QED) is 0.438. The maximum Gasteiger partial charge on any atom is 0.184 e.